The largest absolute Gasteiger partial charge is 0.466 e. The van der Waals surface area contributed by atoms with Crippen molar-refractivity contribution in [3.05, 3.63) is 22.8 Å². The zero-order valence-electron chi connectivity index (χ0n) is 9.82. The summed E-state index contributed by atoms with van der Waals surface area (Å²) in [7, 11) is 2.59. The number of esters is 2. The summed E-state index contributed by atoms with van der Waals surface area (Å²) in [5.74, 6) is -0.812. The summed E-state index contributed by atoms with van der Waals surface area (Å²) < 4.78 is 14.7. The SMILES string of the molecule is COC(=O)C1=C(C(=O)OC)CC2COCC2=C1. The maximum Gasteiger partial charge on any atom is 0.338 e. The van der Waals surface area contributed by atoms with Crippen LogP contribution in [-0.2, 0) is 23.8 Å². The van der Waals surface area contributed by atoms with Gasteiger partial charge in [-0.05, 0) is 18.1 Å². The maximum absolute atomic E-state index is 11.6. The molecule has 0 aromatic heterocycles. The van der Waals surface area contributed by atoms with Crippen LogP contribution >= 0.6 is 0 Å². The topological polar surface area (TPSA) is 61.8 Å². The van der Waals surface area contributed by atoms with E-state index in [1.165, 1.54) is 14.2 Å². The van der Waals surface area contributed by atoms with Crippen molar-refractivity contribution in [3.8, 4) is 0 Å². The van der Waals surface area contributed by atoms with E-state index in [9.17, 15) is 9.59 Å². The van der Waals surface area contributed by atoms with E-state index in [0.717, 1.165) is 5.57 Å². The van der Waals surface area contributed by atoms with E-state index in [1.807, 2.05) is 0 Å². The molecule has 0 spiro atoms. The Morgan fingerprint density at radius 2 is 2.00 bits per heavy atom. The van der Waals surface area contributed by atoms with E-state index in [2.05, 4.69) is 9.47 Å². The van der Waals surface area contributed by atoms with E-state index in [0.29, 0.717) is 25.2 Å². The van der Waals surface area contributed by atoms with Crippen LogP contribution in [0.5, 0.6) is 0 Å². The number of fused-ring (bicyclic) bond motifs is 1. The molecule has 1 atom stereocenters. The van der Waals surface area contributed by atoms with Crippen LogP contribution < -0.4 is 0 Å². The van der Waals surface area contributed by atoms with Crippen molar-refractivity contribution in [1.82, 2.24) is 0 Å². The molecule has 5 heteroatoms. The van der Waals surface area contributed by atoms with E-state index in [4.69, 9.17) is 4.74 Å². The molecule has 2 rings (SSSR count). The van der Waals surface area contributed by atoms with Crippen molar-refractivity contribution < 1.29 is 23.8 Å². The summed E-state index contributed by atoms with van der Waals surface area (Å²) in [5.41, 5.74) is 1.70. The Kier molecular flexibility index (Phi) is 3.28. The van der Waals surface area contributed by atoms with Gasteiger partial charge in [0.15, 0.2) is 0 Å². The van der Waals surface area contributed by atoms with Gasteiger partial charge in [0, 0.05) is 5.92 Å². The molecule has 92 valence electrons. The lowest BCUT2D eigenvalue weighted by Crippen LogP contribution is -2.21. The molecule has 1 aliphatic carbocycles. The molecule has 1 unspecified atom stereocenters. The molecule has 1 fully saturated rings. The number of methoxy groups -OCH3 is 2. The van der Waals surface area contributed by atoms with Crippen LogP contribution in [0, 0.1) is 5.92 Å². The van der Waals surface area contributed by atoms with E-state index < -0.39 is 11.9 Å². The van der Waals surface area contributed by atoms with Crippen molar-refractivity contribution in [2.45, 2.75) is 6.42 Å². The van der Waals surface area contributed by atoms with Crippen LogP contribution in [0.15, 0.2) is 22.8 Å². The minimum absolute atomic E-state index is 0.178. The Balaban J connectivity index is 2.39. The summed E-state index contributed by atoms with van der Waals surface area (Å²) in [4.78, 5) is 23.2. The van der Waals surface area contributed by atoms with Gasteiger partial charge >= 0.3 is 11.9 Å². The number of hydrogen-bond donors (Lipinski definition) is 0. The molecule has 1 saturated heterocycles. The monoisotopic (exact) mass is 238 g/mol. The lowest BCUT2D eigenvalue weighted by Gasteiger charge is -2.19. The third-order valence-corrected chi connectivity index (χ3v) is 3.05. The Bertz CT molecular complexity index is 419. The molecule has 0 amide bonds. The molecule has 2 aliphatic rings. The highest BCUT2D eigenvalue weighted by Gasteiger charge is 2.33. The molecule has 17 heavy (non-hydrogen) atoms. The van der Waals surface area contributed by atoms with Gasteiger partial charge in [-0.2, -0.15) is 0 Å². The second-order valence-corrected chi connectivity index (χ2v) is 4.01. The Morgan fingerprint density at radius 1 is 1.29 bits per heavy atom. The van der Waals surface area contributed by atoms with Gasteiger partial charge in [0.25, 0.3) is 0 Å². The van der Waals surface area contributed by atoms with Gasteiger partial charge in [-0.1, -0.05) is 0 Å². The fourth-order valence-electron chi connectivity index (χ4n) is 2.13. The molecule has 0 bridgehead atoms. The van der Waals surface area contributed by atoms with Crippen LogP contribution in [-0.4, -0.2) is 39.4 Å². The fourth-order valence-corrected chi connectivity index (χ4v) is 2.13. The summed E-state index contributed by atoms with van der Waals surface area (Å²) in [6.07, 6.45) is 2.17. The first-order valence-corrected chi connectivity index (χ1v) is 5.35. The van der Waals surface area contributed by atoms with Crippen molar-refractivity contribution in [2.75, 3.05) is 27.4 Å². The van der Waals surface area contributed by atoms with Crippen molar-refractivity contribution >= 4 is 11.9 Å². The average Bonchev–Trinajstić information content (AvgIpc) is 2.82. The third kappa shape index (κ3) is 2.10. The third-order valence-electron chi connectivity index (χ3n) is 3.05. The molecule has 0 aromatic rings. The van der Waals surface area contributed by atoms with Crippen LogP contribution in [0.4, 0.5) is 0 Å². The Hall–Kier alpha value is -1.62. The molecule has 5 nitrogen and oxygen atoms in total. The standard InChI is InChI=1S/C12H14O5/c1-15-11(13)9-3-7-5-17-6-8(7)4-10(9)12(14)16-2/h3,8H,4-6H2,1-2H3. The van der Waals surface area contributed by atoms with Crippen molar-refractivity contribution in [2.24, 2.45) is 5.92 Å². The predicted molar refractivity (Wildman–Crippen MR) is 58.1 cm³/mol. The minimum Gasteiger partial charge on any atom is -0.466 e. The molecule has 0 saturated carbocycles. The molecular weight excluding hydrogens is 224 g/mol. The average molecular weight is 238 g/mol. The summed E-state index contributed by atoms with van der Waals surface area (Å²) in [6.45, 7) is 1.10. The maximum atomic E-state index is 11.6. The predicted octanol–water partition coefficient (Wildman–Crippen LogP) is 0.605. The van der Waals surface area contributed by atoms with E-state index in [-0.39, 0.29) is 11.5 Å². The van der Waals surface area contributed by atoms with Crippen LogP contribution in [0.3, 0.4) is 0 Å². The van der Waals surface area contributed by atoms with Gasteiger partial charge in [0.05, 0.1) is 38.6 Å². The lowest BCUT2D eigenvalue weighted by molar-refractivity contribution is -0.139. The van der Waals surface area contributed by atoms with E-state index >= 15 is 0 Å². The first-order valence-electron chi connectivity index (χ1n) is 5.35. The van der Waals surface area contributed by atoms with Crippen molar-refractivity contribution in [3.63, 3.8) is 0 Å². The van der Waals surface area contributed by atoms with E-state index in [1.54, 1.807) is 6.08 Å². The number of rotatable bonds is 2. The molecule has 0 N–H and O–H groups in total. The van der Waals surface area contributed by atoms with Gasteiger partial charge in [0.1, 0.15) is 0 Å². The quantitative estimate of drug-likeness (QED) is 0.659. The summed E-state index contributed by atoms with van der Waals surface area (Å²) >= 11 is 0. The summed E-state index contributed by atoms with van der Waals surface area (Å²) in [6, 6.07) is 0. The molecule has 1 heterocycles. The van der Waals surface area contributed by atoms with Gasteiger partial charge in [-0.25, -0.2) is 9.59 Å². The Labute approximate surface area is 99.0 Å². The van der Waals surface area contributed by atoms with Gasteiger partial charge in [0.2, 0.25) is 0 Å². The second-order valence-electron chi connectivity index (χ2n) is 4.01. The highest BCUT2D eigenvalue weighted by Crippen LogP contribution is 2.34. The molecule has 0 aromatic carbocycles. The second kappa shape index (κ2) is 4.71. The zero-order valence-corrected chi connectivity index (χ0v) is 9.82. The van der Waals surface area contributed by atoms with Crippen LogP contribution in [0.2, 0.25) is 0 Å². The normalized spacial score (nSPS) is 22.9. The number of carbonyl (C=O) groups excluding carboxylic acids is 2. The highest BCUT2D eigenvalue weighted by molar-refractivity contribution is 6.03. The fraction of sp³-hybridized carbons (Fsp3) is 0.500. The number of carbonyl (C=O) groups is 2. The first-order chi connectivity index (χ1) is 8.17. The zero-order chi connectivity index (χ0) is 12.4. The molecular formula is C12H14O5. The lowest BCUT2D eigenvalue weighted by atomic mass is 9.85. The minimum atomic E-state index is -0.511. The Morgan fingerprint density at radius 3 is 2.65 bits per heavy atom. The van der Waals surface area contributed by atoms with Crippen LogP contribution in [0.25, 0.3) is 0 Å². The van der Waals surface area contributed by atoms with Crippen LogP contribution in [0.1, 0.15) is 6.42 Å². The van der Waals surface area contributed by atoms with Crippen molar-refractivity contribution in [1.29, 1.82) is 0 Å². The van der Waals surface area contributed by atoms with Gasteiger partial charge in [-0.3, -0.25) is 0 Å². The number of ether oxygens (including phenoxy) is 3. The molecule has 1 aliphatic heterocycles. The van der Waals surface area contributed by atoms with Gasteiger partial charge in [-0.15, -0.1) is 0 Å². The highest BCUT2D eigenvalue weighted by atomic mass is 16.5. The first kappa shape index (κ1) is 11.9. The molecule has 0 radical (unpaired) electrons. The number of hydrogen-bond acceptors (Lipinski definition) is 5. The van der Waals surface area contributed by atoms with Gasteiger partial charge < -0.3 is 14.2 Å². The smallest absolute Gasteiger partial charge is 0.338 e. The summed E-state index contributed by atoms with van der Waals surface area (Å²) in [5, 5.41) is 0.